The van der Waals surface area contributed by atoms with Gasteiger partial charge in [0.15, 0.2) is 11.6 Å². The summed E-state index contributed by atoms with van der Waals surface area (Å²) in [6.07, 6.45) is 0. The third-order valence-corrected chi connectivity index (χ3v) is 8.40. The number of para-hydroxylation sites is 1. The number of aromatic nitrogens is 4. The Kier molecular flexibility index (Phi) is 5.16. The summed E-state index contributed by atoms with van der Waals surface area (Å²) in [6, 6.07) is 51.0. The lowest BCUT2D eigenvalue weighted by molar-refractivity contribution is 0.954. The Bertz CT molecular complexity index is 2430. The second-order valence-electron chi connectivity index (χ2n) is 10.9. The average molecular weight is 549 g/mol. The van der Waals surface area contributed by atoms with Crippen LogP contribution in [0, 0.1) is 0 Å². The zero-order valence-electron chi connectivity index (χ0n) is 23.1. The van der Waals surface area contributed by atoms with Crippen molar-refractivity contribution in [1.29, 1.82) is 0 Å². The van der Waals surface area contributed by atoms with Crippen LogP contribution in [-0.2, 0) is 0 Å². The smallest absolute Gasteiger partial charge is 0.238 e. The first-order chi connectivity index (χ1) is 21.3. The quantitative estimate of drug-likeness (QED) is 0.221. The lowest BCUT2D eigenvalue weighted by atomic mass is 10.0. The molecule has 200 valence electrons. The molecule has 0 unspecified atom stereocenters. The SMILES string of the molecule is c1ccc2cc(-c3nc(-c4ccc5ccccc5c4)nc(-n4c5ccccc5c5c6ccccc6ccc54)n3)ccc2c1. The molecule has 4 nitrogen and oxygen atoms in total. The molecule has 0 aliphatic rings. The number of nitrogens with zero attached hydrogens (tertiary/aromatic N) is 4. The first-order valence-corrected chi connectivity index (χ1v) is 14.5. The molecule has 0 radical (unpaired) electrons. The van der Waals surface area contributed by atoms with Gasteiger partial charge >= 0.3 is 0 Å². The molecule has 0 amide bonds. The lowest BCUT2D eigenvalue weighted by Crippen LogP contribution is -2.06. The fourth-order valence-corrected chi connectivity index (χ4v) is 6.33. The van der Waals surface area contributed by atoms with Crippen LogP contribution in [0.2, 0.25) is 0 Å². The fraction of sp³-hybridized carbons (Fsp3) is 0. The fourth-order valence-electron chi connectivity index (χ4n) is 6.33. The predicted molar refractivity (Wildman–Crippen MR) is 178 cm³/mol. The Balaban J connectivity index is 1.36. The molecule has 0 N–H and O–H groups in total. The van der Waals surface area contributed by atoms with Crippen molar-refractivity contribution in [2.45, 2.75) is 0 Å². The van der Waals surface area contributed by atoms with E-state index in [2.05, 4.69) is 150 Å². The van der Waals surface area contributed by atoms with Gasteiger partial charge in [0.1, 0.15) is 0 Å². The molecule has 2 heterocycles. The highest BCUT2D eigenvalue weighted by atomic mass is 15.2. The summed E-state index contributed by atoms with van der Waals surface area (Å²) in [5.41, 5.74) is 4.04. The van der Waals surface area contributed by atoms with Crippen molar-refractivity contribution in [3.05, 3.63) is 146 Å². The van der Waals surface area contributed by atoms with E-state index in [9.17, 15) is 0 Å². The van der Waals surface area contributed by atoms with E-state index in [4.69, 9.17) is 15.0 Å². The van der Waals surface area contributed by atoms with Crippen molar-refractivity contribution < 1.29 is 0 Å². The van der Waals surface area contributed by atoms with E-state index >= 15 is 0 Å². The van der Waals surface area contributed by atoms with Gasteiger partial charge in [-0.15, -0.1) is 0 Å². The molecule has 0 atom stereocenters. The van der Waals surface area contributed by atoms with Crippen LogP contribution in [-0.4, -0.2) is 19.5 Å². The minimum Gasteiger partial charge on any atom is -0.278 e. The van der Waals surface area contributed by atoms with Crippen LogP contribution < -0.4 is 0 Å². The van der Waals surface area contributed by atoms with Gasteiger partial charge < -0.3 is 0 Å². The Morgan fingerprint density at radius 3 is 1.53 bits per heavy atom. The van der Waals surface area contributed by atoms with Gasteiger partial charge in [-0.25, -0.2) is 4.98 Å². The van der Waals surface area contributed by atoms with Gasteiger partial charge in [0.25, 0.3) is 0 Å². The van der Waals surface area contributed by atoms with Gasteiger partial charge in [-0.2, -0.15) is 9.97 Å². The molecule has 0 saturated carbocycles. The highest BCUT2D eigenvalue weighted by Crippen LogP contribution is 2.37. The molecule has 0 aliphatic heterocycles. The Labute approximate surface area is 247 Å². The molecule has 9 rings (SSSR count). The Hall–Kier alpha value is -5.87. The second-order valence-corrected chi connectivity index (χ2v) is 10.9. The van der Waals surface area contributed by atoms with Gasteiger partial charge in [-0.1, -0.05) is 121 Å². The zero-order valence-corrected chi connectivity index (χ0v) is 23.1. The van der Waals surface area contributed by atoms with E-state index in [1.807, 2.05) is 0 Å². The standard InChI is InChI=1S/C39H24N4/c1-3-12-28-23-30(19-17-25(28)9-1)37-40-38(31-20-18-26-10-2-4-13-29(26)24-31)42-39(41-37)43-34-16-8-7-15-33(34)36-32-14-6-5-11-27(32)21-22-35(36)43/h1-24H. The van der Waals surface area contributed by atoms with Crippen LogP contribution in [0.1, 0.15) is 0 Å². The predicted octanol–water partition coefficient (Wildman–Crippen LogP) is 9.76. The van der Waals surface area contributed by atoms with Crippen LogP contribution in [0.5, 0.6) is 0 Å². The van der Waals surface area contributed by atoms with E-state index in [0.717, 1.165) is 32.9 Å². The molecule has 9 aromatic rings. The van der Waals surface area contributed by atoms with Crippen LogP contribution in [0.4, 0.5) is 0 Å². The maximum atomic E-state index is 5.16. The van der Waals surface area contributed by atoms with Gasteiger partial charge in [0, 0.05) is 21.9 Å². The van der Waals surface area contributed by atoms with Crippen molar-refractivity contribution in [2.24, 2.45) is 0 Å². The number of hydrogen-bond donors (Lipinski definition) is 0. The summed E-state index contributed by atoms with van der Waals surface area (Å²) in [5, 5.41) is 9.47. The average Bonchev–Trinajstić information content (AvgIpc) is 3.42. The van der Waals surface area contributed by atoms with Gasteiger partial charge in [-0.05, 0) is 56.6 Å². The maximum absolute atomic E-state index is 5.16. The summed E-state index contributed by atoms with van der Waals surface area (Å²) < 4.78 is 2.19. The van der Waals surface area contributed by atoms with Gasteiger partial charge in [-0.3, -0.25) is 4.57 Å². The maximum Gasteiger partial charge on any atom is 0.238 e. The lowest BCUT2D eigenvalue weighted by Gasteiger charge is -2.12. The van der Waals surface area contributed by atoms with E-state index in [0.29, 0.717) is 17.6 Å². The third-order valence-electron chi connectivity index (χ3n) is 8.40. The number of hydrogen-bond acceptors (Lipinski definition) is 3. The number of benzene rings is 7. The van der Waals surface area contributed by atoms with Crippen LogP contribution >= 0.6 is 0 Å². The minimum absolute atomic E-state index is 0.600. The Morgan fingerprint density at radius 2 is 0.884 bits per heavy atom. The molecule has 0 spiro atoms. The van der Waals surface area contributed by atoms with Crippen molar-refractivity contribution in [1.82, 2.24) is 19.5 Å². The topological polar surface area (TPSA) is 43.6 Å². The van der Waals surface area contributed by atoms with Crippen LogP contribution in [0.25, 0.3) is 82.8 Å². The highest BCUT2D eigenvalue weighted by molar-refractivity contribution is 6.21. The summed E-state index contributed by atoms with van der Waals surface area (Å²) >= 11 is 0. The van der Waals surface area contributed by atoms with Crippen LogP contribution in [0.15, 0.2) is 146 Å². The molecule has 43 heavy (non-hydrogen) atoms. The summed E-state index contributed by atoms with van der Waals surface area (Å²) in [4.78, 5) is 15.4. The number of fused-ring (bicyclic) bond motifs is 7. The van der Waals surface area contributed by atoms with E-state index in [-0.39, 0.29) is 0 Å². The van der Waals surface area contributed by atoms with E-state index in [1.165, 1.54) is 32.3 Å². The molecule has 0 bridgehead atoms. The third kappa shape index (κ3) is 3.81. The normalized spacial score (nSPS) is 11.7. The van der Waals surface area contributed by atoms with Crippen molar-refractivity contribution in [2.75, 3.05) is 0 Å². The molecule has 7 aromatic carbocycles. The molecule has 2 aromatic heterocycles. The molecule has 0 aliphatic carbocycles. The minimum atomic E-state index is 0.600. The van der Waals surface area contributed by atoms with E-state index < -0.39 is 0 Å². The highest BCUT2D eigenvalue weighted by Gasteiger charge is 2.19. The Morgan fingerprint density at radius 1 is 0.372 bits per heavy atom. The van der Waals surface area contributed by atoms with Gasteiger partial charge in [0.05, 0.1) is 11.0 Å². The zero-order chi connectivity index (χ0) is 28.3. The first-order valence-electron chi connectivity index (χ1n) is 14.5. The second kappa shape index (κ2) is 9.33. The van der Waals surface area contributed by atoms with Crippen molar-refractivity contribution in [3.63, 3.8) is 0 Å². The van der Waals surface area contributed by atoms with Crippen molar-refractivity contribution >= 4 is 54.1 Å². The van der Waals surface area contributed by atoms with E-state index in [1.54, 1.807) is 0 Å². The largest absolute Gasteiger partial charge is 0.278 e. The first kappa shape index (κ1) is 23.8. The molecule has 4 heteroatoms. The summed E-state index contributed by atoms with van der Waals surface area (Å²) in [7, 11) is 0. The summed E-state index contributed by atoms with van der Waals surface area (Å²) in [5.74, 6) is 1.89. The summed E-state index contributed by atoms with van der Waals surface area (Å²) in [6.45, 7) is 0. The molecule has 0 fully saturated rings. The van der Waals surface area contributed by atoms with Crippen LogP contribution in [0.3, 0.4) is 0 Å². The number of rotatable bonds is 3. The molecular weight excluding hydrogens is 524 g/mol. The van der Waals surface area contributed by atoms with Crippen molar-refractivity contribution in [3.8, 4) is 28.7 Å². The molecular formula is C39H24N4. The van der Waals surface area contributed by atoms with Gasteiger partial charge in [0.2, 0.25) is 5.95 Å². The molecule has 0 saturated heterocycles. The monoisotopic (exact) mass is 548 g/mol.